The summed E-state index contributed by atoms with van der Waals surface area (Å²) < 4.78 is 12.8. The van der Waals surface area contributed by atoms with Crippen molar-refractivity contribution in [2.75, 3.05) is 0 Å². The van der Waals surface area contributed by atoms with Crippen LogP contribution in [-0.4, -0.2) is 18.0 Å². The number of hydrogen-bond acceptors (Lipinski definition) is 2. The number of hydrogen-bond donors (Lipinski definition) is 2. The van der Waals surface area contributed by atoms with Gasteiger partial charge in [0, 0.05) is 12.1 Å². The molecule has 0 saturated heterocycles. The number of rotatable bonds is 5. The maximum atomic E-state index is 12.8. The zero-order chi connectivity index (χ0) is 13.1. The normalized spacial score (nSPS) is 18.2. The molecule has 0 aromatic heterocycles. The Bertz CT molecular complexity index is 414. The number of benzene rings is 1. The van der Waals surface area contributed by atoms with Crippen LogP contribution in [0.4, 0.5) is 4.39 Å². The molecule has 1 fully saturated rings. The van der Waals surface area contributed by atoms with Crippen LogP contribution in [-0.2, 0) is 4.79 Å². The third kappa shape index (κ3) is 3.53. The van der Waals surface area contributed by atoms with E-state index in [1.54, 1.807) is 12.1 Å². The topological polar surface area (TPSA) is 41.1 Å². The van der Waals surface area contributed by atoms with Crippen molar-refractivity contribution >= 4 is 5.91 Å². The molecule has 2 rings (SSSR count). The Balaban J connectivity index is 1.87. The molecule has 1 saturated carbocycles. The second-order valence-corrected chi connectivity index (χ2v) is 4.94. The van der Waals surface area contributed by atoms with Crippen LogP contribution >= 0.6 is 0 Å². The first-order valence-corrected chi connectivity index (χ1v) is 6.38. The Labute approximate surface area is 107 Å². The number of carbonyl (C=O) groups excluding carboxylic acids is 1. The molecule has 1 aromatic carbocycles. The first-order valence-electron chi connectivity index (χ1n) is 6.38. The van der Waals surface area contributed by atoms with Gasteiger partial charge in [0.05, 0.1) is 6.04 Å². The van der Waals surface area contributed by atoms with E-state index in [0.717, 1.165) is 18.4 Å². The second-order valence-electron chi connectivity index (χ2n) is 4.94. The highest BCUT2D eigenvalue weighted by Gasteiger charge is 2.26. The number of nitrogens with one attached hydrogen (secondary N) is 2. The van der Waals surface area contributed by atoms with E-state index in [-0.39, 0.29) is 23.8 Å². The fourth-order valence-corrected chi connectivity index (χ4v) is 1.85. The van der Waals surface area contributed by atoms with Crippen molar-refractivity contribution in [2.24, 2.45) is 0 Å². The van der Waals surface area contributed by atoms with Gasteiger partial charge in [-0.1, -0.05) is 12.1 Å². The standard InChI is InChI=1S/C14H19FN2O/c1-9(11-3-5-12(15)6-4-11)16-10(2)14(18)17-13-7-8-13/h3-6,9-10,13,16H,7-8H2,1-2H3,(H,17,18)/t9-,10?/m1/s1. The van der Waals surface area contributed by atoms with Gasteiger partial charge in [0.25, 0.3) is 0 Å². The summed E-state index contributed by atoms with van der Waals surface area (Å²) in [6.07, 6.45) is 2.18. The molecule has 0 radical (unpaired) electrons. The minimum absolute atomic E-state index is 0.0190. The maximum Gasteiger partial charge on any atom is 0.237 e. The summed E-state index contributed by atoms with van der Waals surface area (Å²) in [5.41, 5.74) is 0.975. The van der Waals surface area contributed by atoms with Gasteiger partial charge in [-0.25, -0.2) is 4.39 Å². The van der Waals surface area contributed by atoms with Crippen LogP contribution in [0.5, 0.6) is 0 Å². The first kappa shape index (κ1) is 13.0. The molecule has 18 heavy (non-hydrogen) atoms. The third-order valence-corrected chi connectivity index (χ3v) is 3.19. The summed E-state index contributed by atoms with van der Waals surface area (Å²) in [6, 6.07) is 6.49. The molecule has 2 atom stereocenters. The molecule has 0 heterocycles. The van der Waals surface area contributed by atoms with Crippen molar-refractivity contribution in [3.63, 3.8) is 0 Å². The van der Waals surface area contributed by atoms with Crippen LogP contribution in [0.25, 0.3) is 0 Å². The van der Waals surface area contributed by atoms with E-state index >= 15 is 0 Å². The summed E-state index contributed by atoms with van der Waals surface area (Å²) in [5.74, 6) is -0.211. The van der Waals surface area contributed by atoms with Gasteiger partial charge in [0.2, 0.25) is 5.91 Å². The summed E-state index contributed by atoms with van der Waals surface area (Å²) in [4.78, 5) is 11.8. The van der Waals surface area contributed by atoms with Crippen LogP contribution in [0.2, 0.25) is 0 Å². The lowest BCUT2D eigenvalue weighted by Gasteiger charge is -2.20. The van der Waals surface area contributed by atoms with E-state index in [2.05, 4.69) is 10.6 Å². The molecule has 1 aromatic rings. The highest BCUT2D eigenvalue weighted by molar-refractivity contribution is 5.81. The van der Waals surface area contributed by atoms with Crippen molar-refractivity contribution in [1.82, 2.24) is 10.6 Å². The van der Waals surface area contributed by atoms with Crippen molar-refractivity contribution in [3.05, 3.63) is 35.6 Å². The van der Waals surface area contributed by atoms with E-state index in [0.29, 0.717) is 6.04 Å². The monoisotopic (exact) mass is 250 g/mol. The predicted octanol–water partition coefficient (Wildman–Crippen LogP) is 2.14. The Morgan fingerprint density at radius 2 is 1.89 bits per heavy atom. The zero-order valence-electron chi connectivity index (χ0n) is 10.7. The van der Waals surface area contributed by atoms with Gasteiger partial charge in [-0.05, 0) is 44.4 Å². The predicted molar refractivity (Wildman–Crippen MR) is 68.6 cm³/mol. The number of halogens is 1. The van der Waals surface area contributed by atoms with Crippen LogP contribution in [0.15, 0.2) is 24.3 Å². The average Bonchev–Trinajstić information content (AvgIpc) is 3.13. The SMILES string of the molecule is CC(N[C@H](C)c1ccc(F)cc1)C(=O)NC1CC1. The molecule has 4 heteroatoms. The van der Waals surface area contributed by atoms with E-state index in [1.807, 2.05) is 13.8 Å². The maximum absolute atomic E-state index is 12.8. The molecule has 0 aliphatic heterocycles. The average molecular weight is 250 g/mol. The van der Waals surface area contributed by atoms with Gasteiger partial charge in [-0.3, -0.25) is 10.1 Å². The molecule has 3 nitrogen and oxygen atoms in total. The van der Waals surface area contributed by atoms with Crippen LogP contribution in [0.1, 0.15) is 38.3 Å². The Hall–Kier alpha value is -1.42. The minimum atomic E-state index is -0.245. The second kappa shape index (κ2) is 5.48. The van der Waals surface area contributed by atoms with E-state index in [4.69, 9.17) is 0 Å². The third-order valence-electron chi connectivity index (χ3n) is 3.19. The van der Waals surface area contributed by atoms with Crippen molar-refractivity contribution in [2.45, 2.75) is 44.8 Å². The minimum Gasteiger partial charge on any atom is -0.352 e. The van der Waals surface area contributed by atoms with Gasteiger partial charge >= 0.3 is 0 Å². The smallest absolute Gasteiger partial charge is 0.237 e. The van der Waals surface area contributed by atoms with Crippen LogP contribution in [0.3, 0.4) is 0 Å². The van der Waals surface area contributed by atoms with Crippen molar-refractivity contribution < 1.29 is 9.18 Å². The highest BCUT2D eigenvalue weighted by Crippen LogP contribution is 2.19. The Morgan fingerprint density at radius 1 is 1.28 bits per heavy atom. The molecule has 1 aliphatic carbocycles. The molecule has 0 spiro atoms. The van der Waals surface area contributed by atoms with Gasteiger partial charge in [0.1, 0.15) is 5.82 Å². The van der Waals surface area contributed by atoms with E-state index in [9.17, 15) is 9.18 Å². The molecular weight excluding hydrogens is 231 g/mol. The lowest BCUT2D eigenvalue weighted by molar-refractivity contribution is -0.123. The van der Waals surface area contributed by atoms with Gasteiger partial charge in [-0.15, -0.1) is 0 Å². The summed E-state index contributed by atoms with van der Waals surface area (Å²) >= 11 is 0. The van der Waals surface area contributed by atoms with Crippen LogP contribution < -0.4 is 10.6 Å². The number of amides is 1. The van der Waals surface area contributed by atoms with Crippen molar-refractivity contribution in [3.8, 4) is 0 Å². The summed E-state index contributed by atoms with van der Waals surface area (Å²) in [6.45, 7) is 3.81. The highest BCUT2D eigenvalue weighted by atomic mass is 19.1. The van der Waals surface area contributed by atoms with Crippen molar-refractivity contribution in [1.29, 1.82) is 0 Å². The molecular formula is C14H19FN2O. The number of carbonyl (C=O) groups is 1. The van der Waals surface area contributed by atoms with Gasteiger partial charge in [0.15, 0.2) is 0 Å². The molecule has 98 valence electrons. The first-order chi connectivity index (χ1) is 8.56. The molecule has 0 bridgehead atoms. The molecule has 1 unspecified atom stereocenters. The lowest BCUT2D eigenvalue weighted by Crippen LogP contribution is -2.43. The van der Waals surface area contributed by atoms with Gasteiger partial charge in [-0.2, -0.15) is 0 Å². The summed E-state index contributed by atoms with van der Waals surface area (Å²) in [7, 11) is 0. The lowest BCUT2D eigenvalue weighted by atomic mass is 10.1. The fourth-order valence-electron chi connectivity index (χ4n) is 1.85. The molecule has 1 amide bonds. The summed E-state index contributed by atoms with van der Waals surface area (Å²) in [5, 5.41) is 6.17. The van der Waals surface area contributed by atoms with E-state index < -0.39 is 0 Å². The molecule has 2 N–H and O–H groups in total. The van der Waals surface area contributed by atoms with Crippen LogP contribution in [0, 0.1) is 5.82 Å². The van der Waals surface area contributed by atoms with E-state index in [1.165, 1.54) is 12.1 Å². The quantitative estimate of drug-likeness (QED) is 0.840. The Morgan fingerprint density at radius 3 is 2.44 bits per heavy atom. The molecule has 1 aliphatic rings. The van der Waals surface area contributed by atoms with Gasteiger partial charge < -0.3 is 5.32 Å². The fraction of sp³-hybridized carbons (Fsp3) is 0.500. The largest absolute Gasteiger partial charge is 0.352 e. The zero-order valence-corrected chi connectivity index (χ0v) is 10.7. The Kier molecular flexibility index (Phi) is 3.97.